The number of benzene rings is 1. The van der Waals surface area contributed by atoms with E-state index in [2.05, 4.69) is 41.5 Å². The molecule has 0 spiro atoms. The number of ether oxygens (including phenoxy) is 4. The molecule has 0 bridgehead atoms. The molecular weight excluding hydrogens is 600 g/mol. The molecule has 47 heavy (non-hydrogen) atoms. The lowest BCUT2D eigenvalue weighted by Gasteiger charge is -2.38. The van der Waals surface area contributed by atoms with E-state index in [4.69, 9.17) is 18.9 Å². The number of esters is 1. The van der Waals surface area contributed by atoms with Crippen LogP contribution in [0.1, 0.15) is 121 Å². The maximum Gasteiger partial charge on any atom is 0.378 e. The first kappa shape index (κ1) is 39.0. The normalized spacial score (nSPS) is 22.0. The molecule has 0 aliphatic carbocycles. The topological polar surface area (TPSA) is 135 Å². The second-order valence-electron chi connectivity index (χ2n) is 15.0. The van der Waals surface area contributed by atoms with E-state index in [9.17, 15) is 25.2 Å². The minimum Gasteiger partial charge on any atom is -0.499 e. The molecule has 0 saturated carbocycles. The zero-order valence-electron chi connectivity index (χ0n) is 30.2. The molecule has 0 aromatic heterocycles. The highest BCUT2D eigenvalue weighted by molar-refractivity contribution is 5.89. The Morgan fingerprint density at radius 2 is 1.47 bits per heavy atom. The first-order valence-electron chi connectivity index (χ1n) is 17.9. The average molecular weight is 663 g/mol. The summed E-state index contributed by atoms with van der Waals surface area (Å²) < 4.78 is 23.1. The van der Waals surface area contributed by atoms with E-state index < -0.39 is 36.6 Å². The summed E-state index contributed by atoms with van der Waals surface area (Å²) >= 11 is 0. The standard InChI is InChI=1S/C38H62O9/c1-23(2)12-9-13-24(3)14-10-15-25(4)16-11-18-38(8)19-17-30-28(7)33(26(5)27(6)34(30)47-38)44-21-29(40)22-45-36-32(42)37(43)46-35(36)31(41)20-39/h23-25,29,31,35,39-42H,9-22H2,1-8H3. The second kappa shape index (κ2) is 17.8. The number of rotatable bonds is 20. The van der Waals surface area contributed by atoms with Crippen LogP contribution in [0.15, 0.2) is 11.5 Å². The third-order valence-corrected chi connectivity index (χ3v) is 10.1. The van der Waals surface area contributed by atoms with Crippen LogP contribution < -0.4 is 9.47 Å². The van der Waals surface area contributed by atoms with Gasteiger partial charge in [0.05, 0.1) is 6.61 Å². The minimum absolute atomic E-state index is 0.0935. The van der Waals surface area contributed by atoms with Crippen LogP contribution in [-0.2, 0) is 20.7 Å². The third kappa shape index (κ3) is 10.8. The van der Waals surface area contributed by atoms with Crippen molar-refractivity contribution in [1.29, 1.82) is 0 Å². The highest BCUT2D eigenvalue weighted by atomic mass is 16.6. The van der Waals surface area contributed by atoms with Crippen molar-refractivity contribution in [1.82, 2.24) is 0 Å². The van der Waals surface area contributed by atoms with E-state index >= 15 is 0 Å². The van der Waals surface area contributed by atoms with Crippen LogP contribution in [0, 0.1) is 38.5 Å². The number of hydrogen-bond acceptors (Lipinski definition) is 9. The van der Waals surface area contributed by atoms with Gasteiger partial charge in [-0.25, -0.2) is 4.79 Å². The van der Waals surface area contributed by atoms with E-state index in [1.165, 1.54) is 44.9 Å². The first-order valence-corrected chi connectivity index (χ1v) is 17.9. The number of aliphatic hydroxyl groups excluding tert-OH is 4. The van der Waals surface area contributed by atoms with Crippen LogP contribution in [0.25, 0.3) is 0 Å². The Kier molecular flexibility index (Phi) is 14.7. The van der Waals surface area contributed by atoms with Gasteiger partial charge in [0.1, 0.15) is 42.5 Å². The highest BCUT2D eigenvalue weighted by Crippen LogP contribution is 2.45. The van der Waals surface area contributed by atoms with Gasteiger partial charge in [-0.2, -0.15) is 0 Å². The van der Waals surface area contributed by atoms with Crippen LogP contribution in [0.5, 0.6) is 11.5 Å². The molecule has 268 valence electrons. The number of carbonyl (C=O) groups is 1. The largest absolute Gasteiger partial charge is 0.499 e. The summed E-state index contributed by atoms with van der Waals surface area (Å²) in [6, 6.07) is 0. The van der Waals surface area contributed by atoms with Gasteiger partial charge in [0.15, 0.2) is 11.9 Å². The first-order chi connectivity index (χ1) is 22.2. The molecular formula is C38H62O9. The van der Waals surface area contributed by atoms with Crippen molar-refractivity contribution in [2.24, 2.45) is 17.8 Å². The van der Waals surface area contributed by atoms with Crippen molar-refractivity contribution in [3.05, 3.63) is 33.8 Å². The molecule has 9 nitrogen and oxygen atoms in total. The maximum atomic E-state index is 11.7. The van der Waals surface area contributed by atoms with Gasteiger partial charge in [-0.05, 0) is 87.8 Å². The van der Waals surface area contributed by atoms with Gasteiger partial charge in [-0.1, -0.05) is 72.6 Å². The Morgan fingerprint density at radius 3 is 2.09 bits per heavy atom. The molecule has 0 amide bonds. The molecule has 0 radical (unpaired) electrons. The predicted octanol–water partition coefficient (Wildman–Crippen LogP) is 6.94. The van der Waals surface area contributed by atoms with Crippen LogP contribution in [0.4, 0.5) is 0 Å². The molecule has 1 aromatic carbocycles. The summed E-state index contributed by atoms with van der Waals surface area (Å²) in [6.45, 7) is 16.6. The Morgan fingerprint density at radius 1 is 0.872 bits per heavy atom. The SMILES string of the molecule is Cc1c(C)c2c(c(C)c1OCC(O)COC1=C(O)C(=O)OC1C(O)CO)CCC(C)(CCCC(C)CCCC(C)CCCC(C)C)O2. The third-order valence-electron chi connectivity index (χ3n) is 10.1. The van der Waals surface area contributed by atoms with E-state index in [1.54, 1.807) is 0 Å². The van der Waals surface area contributed by atoms with E-state index in [0.29, 0.717) is 5.75 Å². The fraction of sp³-hybridized carbons (Fsp3) is 0.763. The Hall–Kier alpha value is -2.49. The van der Waals surface area contributed by atoms with Crippen molar-refractivity contribution >= 4 is 5.97 Å². The van der Waals surface area contributed by atoms with Gasteiger partial charge in [0.25, 0.3) is 0 Å². The monoisotopic (exact) mass is 662 g/mol. The molecule has 9 heteroatoms. The number of cyclic esters (lactones) is 1. The number of aliphatic hydroxyl groups is 4. The lowest BCUT2D eigenvalue weighted by atomic mass is 9.83. The number of hydrogen-bond donors (Lipinski definition) is 4. The molecule has 0 saturated heterocycles. The Labute approximate surface area is 282 Å². The lowest BCUT2D eigenvalue weighted by molar-refractivity contribution is -0.148. The molecule has 1 aromatic rings. The van der Waals surface area contributed by atoms with Gasteiger partial charge in [0.2, 0.25) is 5.76 Å². The van der Waals surface area contributed by atoms with Gasteiger partial charge in [-0.15, -0.1) is 0 Å². The van der Waals surface area contributed by atoms with Crippen LogP contribution in [0.2, 0.25) is 0 Å². The number of carbonyl (C=O) groups excluding carboxylic acids is 1. The summed E-state index contributed by atoms with van der Waals surface area (Å²) in [5.74, 6) is 1.85. The van der Waals surface area contributed by atoms with E-state index in [-0.39, 0.29) is 24.6 Å². The molecule has 6 atom stereocenters. The van der Waals surface area contributed by atoms with E-state index in [1.807, 2.05) is 13.8 Å². The fourth-order valence-electron chi connectivity index (χ4n) is 6.85. The summed E-state index contributed by atoms with van der Waals surface area (Å²) in [7, 11) is 0. The summed E-state index contributed by atoms with van der Waals surface area (Å²) in [5.41, 5.74) is 3.91. The Bertz CT molecular complexity index is 1210. The molecule has 3 rings (SSSR count). The van der Waals surface area contributed by atoms with Crippen molar-refractivity contribution < 1.29 is 44.2 Å². The summed E-state index contributed by atoms with van der Waals surface area (Å²) in [4.78, 5) is 11.7. The fourth-order valence-corrected chi connectivity index (χ4v) is 6.85. The Balaban J connectivity index is 1.49. The van der Waals surface area contributed by atoms with Gasteiger partial charge in [0, 0.05) is 5.56 Å². The van der Waals surface area contributed by atoms with E-state index in [0.717, 1.165) is 71.4 Å². The maximum absolute atomic E-state index is 11.7. The minimum atomic E-state index is -1.46. The second-order valence-corrected chi connectivity index (χ2v) is 15.0. The highest BCUT2D eigenvalue weighted by Gasteiger charge is 2.41. The van der Waals surface area contributed by atoms with Crippen molar-refractivity contribution in [3.63, 3.8) is 0 Å². The molecule has 2 heterocycles. The zero-order valence-corrected chi connectivity index (χ0v) is 30.2. The van der Waals surface area contributed by atoms with Crippen molar-refractivity contribution in [2.75, 3.05) is 19.8 Å². The van der Waals surface area contributed by atoms with Gasteiger partial charge >= 0.3 is 5.97 Å². The molecule has 6 unspecified atom stereocenters. The van der Waals surface area contributed by atoms with Gasteiger partial charge < -0.3 is 39.4 Å². The van der Waals surface area contributed by atoms with Crippen molar-refractivity contribution in [3.8, 4) is 11.5 Å². The summed E-state index contributed by atoms with van der Waals surface area (Å²) in [6.07, 6.45) is 9.36. The molecule has 4 N–H and O–H groups in total. The smallest absolute Gasteiger partial charge is 0.378 e. The lowest BCUT2D eigenvalue weighted by Crippen LogP contribution is -2.37. The molecule has 2 aliphatic rings. The quantitative estimate of drug-likeness (QED) is 0.110. The molecule has 2 aliphatic heterocycles. The average Bonchev–Trinajstić information content (AvgIpc) is 3.30. The van der Waals surface area contributed by atoms with Crippen LogP contribution in [-0.4, -0.2) is 70.1 Å². The van der Waals surface area contributed by atoms with Crippen LogP contribution >= 0.6 is 0 Å². The van der Waals surface area contributed by atoms with Crippen molar-refractivity contribution in [2.45, 2.75) is 150 Å². The summed E-state index contributed by atoms with van der Waals surface area (Å²) in [5, 5.41) is 39.6. The zero-order chi connectivity index (χ0) is 34.9. The van der Waals surface area contributed by atoms with Gasteiger partial charge in [-0.3, -0.25) is 0 Å². The number of fused-ring (bicyclic) bond motifs is 1. The predicted molar refractivity (Wildman–Crippen MR) is 183 cm³/mol. The van der Waals surface area contributed by atoms with Crippen LogP contribution in [0.3, 0.4) is 0 Å². The molecule has 0 fully saturated rings.